The molecule has 0 saturated heterocycles. The van der Waals surface area contributed by atoms with Crippen LogP contribution in [0.4, 0.5) is 5.69 Å². The highest BCUT2D eigenvalue weighted by Gasteiger charge is 2.10. The van der Waals surface area contributed by atoms with Gasteiger partial charge in [-0.1, -0.05) is 19.8 Å². The molecule has 118 valence electrons. The van der Waals surface area contributed by atoms with Crippen LogP contribution in [0, 0.1) is 11.3 Å². The minimum absolute atomic E-state index is 0.214. The van der Waals surface area contributed by atoms with Gasteiger partial charge in [-0.25, -0.2) is 4.98 Å². The summed E-state index contributed by atoms with van der Waals surface area (Å²) in [5, 5.41) is 11.9. The first-order chi connectivity index (χ1) is 11.2. The Morgan fingerprint density at radius 3 is 2.91 bits per heavy atom. The fraction of sp³-hybridized carbons (Fsp3) is 0.294. The van der Waals surface area contributed by atoms with Crippen molar-refractivity contribution >= 4 is 11.6 Å². The van der Waals surface area contributed by atoms with Crippen molar-refractivity contribution in [3.63, 3.8) is 0 Å². The molecule has 0 saturated carbocycles. The highest BCUT2D eigenvalue weighted by atomic mass is 16.5. The van der Waals surface area contributed by atoms with Crippen LogP contribution < -0.4 is 10.1 Å². The number of unbranched alkanes of at least 4 members (excludes halogenated alkanes) is 2. The van der Waals surface area contributed by atoms with Crippen molar-refractivity contribution in [2.75, 3.05) is 11.9 Å². The van der Waals surface area contributed by atoms with Gasteiger partial charge in [-0.3, -0.25) is 9.78 Å². The van der Waals surface area contributed by atoms with Crippen molar-refractivity contribution in [3.8, 4) is 11.8 Å². The Bertz CT molecular complexity index is 695. The molecule has 1 aromatic heterocycles. The van der Waals surface area contributed by atoms with Crippen LogP contribution in [0.25, 0.3) is 0 Å². The van der Waals surface area contributed by atoms with E-state index in [-0.39, 0.29) is 11.6 Å². The summed E-state index contributed by atoms with van der Waals surface area (Å²) < 4.78 is 5.62. The summed E-state index contributed by atoms with van der Waals surface area (Å²) in [5.41, 5.74) is 1.11. The van der Waals surface area contributed by atoms with Crippen molar-refractivity contribution in [3.05, 3.63) is 48.0 Å². The first-order valence-electron chi connectivity index (χ1n) is 7.49. The third kappa shape index (κ3) is 4.78. The number of nitrogens with one attached hydrogen (secondary N) is 1. The molecule has 0 atom stereocenters. The van der Waals surface area contributed by atoms with E-state index in [1.165, 1.54) is 18.6 Å². The number of carbonyl (C=O) groups excluding carboxylic acids is 1. The second-order valence-electron chi connectivity index (χ2n) is 4.92. The zero-order valence-corrected chi connectivity index (χ0v) is 13.0. The molecule has 23 heavy (non-hydrogen) atoms. The van der Waals surface area contributed by atoms with E-state index in [0.29, 0.717) is 23.6 Å². The Balaban J connectivity index is 2.04. The van der Waals surface area contributed by atoms with Crippen LogP contribution in [0.3, 0.4) is 0 Å². The van der Waals surface area contributed by atoms with E-state index in [0.717, 1.165) is 19.3 Å². The van der Waals surface area contributed by atoms with E-state index in [4.69, 9.17) is 4.74 Å². The quantitative estimate of drug-likeness (QED) is 0.794. The summed E-state index contributed by atoms with van der Waals surface area (Å²) in [6.45, 7) is 2.70. The number of rotatable bonds is 7. The third-order valence-electron chi connectivity index (χ3n) is 3.16. The number of nitrogens with zero attached hydrogens (tertiary/aromatic N) is 3. The second kappa shape index (κ2) is 8.49. The van der Waals surface area contributed by atoms with E-state index in [2.05, 4.69) is 28.3 Å². The number of carbonyl (C=O) groups is 1. The number of amides is 1. The van der Waals surface area contributed by atoms with Crippen molar-refractivity contribution in [1.82, 2.24) is 9.97 Å². The Hall–Kier alpha value is -2.94. The van der Waals surface area contributed by atoms with Crippen molar-refractivity contribution in [2.24, 2.45) is 0 Å². The second-order valence-corrected chi connectivity index (χ2v) is 4.92. The monoisotopic (exact) mass is 310 g/mol. The minimum Gasteiger partial charge on any atom is -0.492 e. The van der Waals surface area contributed by atoms with Gasteiger partial charge in [0.15, 0.2) is 0 Å². The lowest BCUT2D eigenvalue weighted by molar-refractivity contribution is 0.102. The molecule has 0 unspecified atom stereocenters. The van der Waals surface area contributed by atoms with Crippen LogP contribution in [-0.2, 0) is 0 Å². The number of aromatic nitrogens is 2. The standard InChI is InChI=1S/C17H18N4O2/c1-2-3-4-9-23-16-6-5-14(10-13(16)11-18)21-17(22)15-12-19-7-8-20-15/h5-8,10,12H,2-4,9H2,1H3,(H,21,22). The van der Waals surface area contributed by atoms with Gasteiger partial charge in [-0.15, -0.1) is 0 Å². The number of hydrogen-bond donors (Lipinski definition) is 1. The molecular formula is C17H18N4O2. The average molecular weight is 310 g/mol. The average Bonchev–Trinajstić information content (AvgIpc) is 2.60. The zero-order valence-electron chi connectivity index (χ0n) is 13.0. The minimum atomic E-state index is -0.376. The largest absolute Gasteiger partial charge is 0.492 e. The maximum atomic E-state index is 12.0. The van der Waals surface area contributed by atoms with Crippen LogP contribution >= 0.6 is 0 Å². The van der Waals surface area contributed by atoms with Crippen LogP contribution in [0.15, 0.2) is 36.8 Å². The maximum absolute atomic E-state index is 12.0. The van der Waals surface area contributed by atoms with Gasteiger partial charge < -0.3 is 10.1 Å². The molecule has 0 aliphatic rings. The third-order valence-corrected chi connectivity index (χ3v) is 3.16. The van der Waals surface area contributed by atoms with Crippen molar-refractivity contribution < 1.29 is 9.53 Å². The molecular weight excluding hydrogens is 292 g/mol. The lowest BCUT2D eigenvalue weighted by Gasteiger charge is -2.10. The normalized spacial score (nSPS) is 9.91. The number of anilines is 1. The molecule has 0 bridgehead atoms. The number of ether oxygens (including phenoxy) is 1. The molecule has 0 aliphatic heterocycles. The van der Waals surface area contributed by atoms with Crippen LogP contribution in [0.5, 0.6) is 5.75 Å². The van der Waals surface area contributed by atoms with Gasteiger partial charge in [-0.2, -0.15) is 5.26 Å². The molecule has 1 N–H and O–H groups in total. The molecule has 2 rings (SSSR count). The van der Waals surface area contributed by atoms with Gasteiger partial charge in [0.05, 0.1) is 18.4 Å². The van der Waals surface area contributed by atoms with Gasteiger partial charge in [0.25, 0.3) is 5.91 Å². The molecule has 6 nitrogen and oxygen atoms in total. The zero-order chi connectivity index (χ0) is 16.5. The number of benzene rings is 1. The molecule has 0 spiro atoms. The number of hydrogen-bond acceptors (Lipinski definition) is 5. The molecule has 0 aliphatic carbocycles. The highest BCUT2D eigenvalue weighted by molar-refractivity contribution is 6.02. The van der Waals surface area contributed by atoms with E-state index in [1.54, 1.807) is 18.2 Å². The number of nitriles is 1. The maximum Gasteiger partial charge on any atom is 0.275 e. The predicted molar refractivity (Wildman–Crippen MR) is 86.2 cm³/mol. The first-order valence-corrected chi connectivity index (χ1v) is 7.49. The van der Waals surface area contributed by atoms with E-state index >= 15 is 0 Å². The van der Waals surface area contributed by atoms with Gasteiger partial charge in [0, 0.05) is 18.1 Å². The van der Waals surface area contributed by atoms with E-state index in [1.807, 2.05) is 0 Å². The molecule has 6 heteroatoms. The lowest BCUT2D eigenvalue weighted by Crippen LogP contribution is -2.14. The van der Waals surface area contributed by atoms with Gasteiger partial charge in [0.1, 0.15) is 17.5 Å². The van der Waals surface area contributed by atoms with Crippen molar-refractivity contribution in [2.45, 2.75) is 26.2 Å². The molecule has 1 aromatic carbocycles. The van der Waals surface area contributed by atoms with Crippen LogP contribution in [-0.4, -0.2) is 22.5 Å². The SMILES string of the molecule is CCCCCOc1ccc(NC(=O)c2cnccn2)cc1C#N. The summed E-state index contributed by atoms with van der Waals surface area (Å²) in [7, 11) is 0. The summed E-state index contributed by atoms with van der Waals surface area (Å²) in [6, 6.07) is 7.06. The molecule has 0 radical (unpaired) electrons. The molecule has 2 aromatic rings. The van der Waals surface area contributed by atoms with Gasteiger partial charge in [0.2, 0.25) is 0 Å². The predicted octanol–water partition coefficient (Wildman–Crippen LogP) is 3.17. The smallest absolute Gasteiger partial charge is 0.275 e. The summed E-state index contributed by atoms with van der Waals surface area (Å²) in [4.78, 5) is 19.8. The Morgan fingerprint density at radius 2 is 2.22 bits per heavy atom. The van der Waals surface area contributed by atoms with Crippen LogP contribution in [0.1, 0.15) is 42.2 Å². The Kier molecular flexibility index (Phi) is 6.07. The fourth-order valence-electron chi connectivity index (χ4n) is 1.97. The summed E-state index contributed by atoms with van der Waals surface area (Å²) in [6.07, 6.45) is 7.48. The lowest BCUT2D eigenvalue weighted by atomic mass is 10.2. The van der Waals surface area contributed by atoms with E-state index in [9.17, 15) is 10.1 Å². The highest BCUT2D eigenvalue weighted by Crippen LogP contribution is 2.22. The van der Waals surface area contributed by atoms with Crippen molar-refractivity contribution in [1.29, 1.82) is 5.26 Å². The first kappa shape index (κ1) is 16.4. The Morgan fingerprint density at radius 1 is 1.35 bits per heavy atom. The Labute approximate surface area is 135 Å². The summed E-state index contributed by atoms with van der Waals surface area (Å²) >= 11 is 0. The topological polar surface area (TPSA) is 87.9 Å². The molecule has 0 fully saturated rings. The fourth-order valence-corrected chi connectivity index (χ4v) is 1.97. The molecule has 1 heterocycles. The van der Waals surface area contributed by atoms with Gasteiger partial charge in [-0.05, 0) is 24.6 Å². The van der Waals surface area contributed by atoms with E-state index < -0.39 is 0 Å². The van der Waals surface area contributed by atoms with Gasteiger partial charge >= 0.3 is 0 Å². The summed E-state index contributed by atoms with van der Waals surface area (Å²) in [5.74, 6) is 0.153. The molecule has 1 amide bonds. The van der Waals surface area contributed by atoms with Crippen LogP contribution in [0.2, 0.25) is 0 Å².